The van der Waals surface area contributed by atoms with Crippen LogP contribution in [0.25, 0.3) is 0 Å². The van der Waals surface area contributed by atoms with Crippen molar-refractivity contribution in [1.29, 1.82) is 0 Å². The molecule has 1 fully saturated rings. The fourth-order valence-electron chi connectivity index (χ4n) is 2.98. The van der Waals surface area contributed by atoms with Crippen LogP contribution in [0.15, 0.2) is 43.0 Å². The van der Waals surface area contributed by atoms with Crippen LogP contribution >= 0.6 is 0 Å². The van der Waals surface area contributed by atoms with E-state index in [0.717, 1.165) is 32.3 Å². The molecule has 0 spiro atoms. The second-order valence-electron chi connectivity index (χ2n) is 5.45. The Hall–Kier alpha value is -1.12. The van der Waals surface area contributed by atoms with E-state index in [4.69, 9.17) is 4.74 Å². The van der Waals surface area contributed by atoms with E-state index in [0.29, 0.717) is 18.4 Å². The van der Waals surface area contributed by atoms with E-state index >= 15 is 0 Å². The number of aliphatic hydroxyl groups excluding tert-OH is 1. The Balaban J connectivity index is 1.81. The van der Waals surface area contributed by atoms with Gasteiger partial charge in [0.15, 0.2) is 0 Å². The summed E-state index contributed by atoms with van der Waals surface area (Å²) in [7, 11) is 0. The van der Waals surface area contributed by atoms with Crippen LogP contribution < -0.4 is 0 Å². The van der Waals surface area contributed by atoms with E-state index in [1.54, 1.807) is 0 Å². The number of rotatable bonds is 6. The Kier molecular flexibility index (Phi) is 5.62. The normalized spacial score (nSPS) is 27.1. The minimum atomic E-state index is -0.183. The lowest BCUT2D eigenvalue weighted by atomic mass is 9.76. The summed E-state index contributed by atoms with van der Waals surface area (Å²) in [6, 6.07) is 10.2. The minimum Gasteiger partial charge on any atom is -0.393 e. The molecule has 0 aromatic heterocycles. The molecule has 0 amide bonds. The number of ether oxygens (including phenoxy) is 1. The van der Waals surface area contributed by atoms with Gasteiger partial charge in [-0.05, 0) is 36.7 Å². The zero-order valence-electron chi connectivity index (χ0n) is 11.5. The van der Waals surface area contributed by atoms with Crippen molar-refractivity contribution in [1.82, 2.24) is 0 Å². The lowest BCUT2D eigenvalue weighted by Crippen LogP contribution is -2.34. The van der Waals surface area contributed by atoms with Crippen LogP contribution in [0.2, 0.25) is 0 Å². The van der Waals surface area contributed by atoms with Crippen molar-refractivity contribution >= 4 is 0 Å². The molecule has 0 aliphatic heterocycles. The second kappa shape index (κ2) is 7.46. The molecule has 104 valence electrons. The summed E-state index contributed by atoms with van der Waals surface area (Å²) in [6.45, 7) is 5.20. The molecule has 0 saturated heterocycles. The van der Waals surface area contributed by atoms with Gasteiger partial charge in [-0.3, -0.25) is 0 Å². The summed E-state index contributed by atoms with van der Waals surface area (Å²) in [4.78, 5) is 0. The molecule has 1 N–H and O–H groups in total. The molecule has 3 atom stereocenters. The lowest BCUT2D eigenvalue weighted by Gasteiger charge is -2.34. The fraction of sp³-hybridized carbons (Fsp3) is 0.529. The third kappa shape index (κ3) is 4.19. The molecule has 0 radical (unpaired) electrons. The number of aliphatic hydroxyl groups is 1. The van der Waals surface area contributed by atoms with Gasteiger partial charge < -0.3 is 9.84 Å². The van der Waals surface area contributed by atoms with E-state index in [2.05, 4.69) is 18.7 Å². The average molecular weight is 260 g/mol. The maximum absolute atomic E-state index is 10.1. The third-order valence-electron chi connectivity index (χ3n) is 4.06. The first-order valence-electron chi connectivity index (χ1n) is 7.22. The van der Waals surface area contributed by atoms with Crippen LogP contribution in [-0.4, -0.2) is 17.8 Å². The zero-order chi connectivity index (χ0) is 13.5. The standard InChI is InChI=1S/C17H24O2/c1-2-7-16-15(10-6-11-17(16)18)13-19-12-14-8-4-3-5-9-14/h2-5,8-9,15-18H,1,6-7,10-13H2. The molecule has 19 heavy (non-hydrogen) atoms. The summed E-state index contributed by atoms with van der Waals surface area (Å²) in [5.41, 5.74) is 1.21. The van der Waals surface area contributed by atoms with Crippen molar-refractivity contribution < 1.29 is 9.84 Å². The van der Waals surface area contributed by atoms with Gasteiger partial charge in [0.25, 0.3) is 0 Å². The fourth-order valence-corrected chi connectivity index (χ4v) is 2.98. The Morgan fingerprint density at radius 2 is 2.05 bits per heavy atom. The molecule has 1 saturated carbocycles. The number of hydrogen-bond donors (Lipinski definition) is 1. The van der Waals surface area contributed by atoms with Crippen LogP contribution in [0.3, 0.4) is 0 Å². The Bertz CT molecular complexity index is 374. The first-order chi connectivity index (χ1) is 9.31. The molecule has 1 aliphatic carbocycles. The predicted molar refractivity (Wildman–Crippen MR) is 77.7 cm³/mol. The van der Waals surface area contributed by atoms with E-state index < -0.39 is 0 Å². The van der Waals surface area contributed by atoms with Gasteiger partial charge in [-0.1, -0.05) is 42.8 Å². The summed E-state index contributed by atoms with van der Waals surface area (Å²) in [6.07, 6.45) is 5.81. The molecular weight excluding hydrogens is 236 g/mol. The quantitative estimate of drug-likeness (QED) is 0.793. The lowest BCUT2D eigenvalue weighted by molar-refractivity contribution is -0.0127. The van der Waals surface area contributed by atoms with Gasteiger partial charge >= 0.3 is 0 Å². The van der Waals surface area contributed by atoms with Gasteiger partial charge in [-0.2, -0.15) is 0 Å². The smallest absolute Gasteiger partial charge is 0.0717 e. The molecule has 2 heteroatoms. The summed E-state index contributed by atoms with van der Waals surface area (Å²) < 4.78 is 5.84. The van der Waals surface area contributed by atoms with Crippen LogP contribution in [0.1, 0.15) is 31.2 Å². The van der Waals surface area contributed by atoms with E-state index in [-0.39, 0.29) is 6.10 Å². The largest absolute Gasteiger partial charge is 0.393 e. The van der Waals surface area contributed by atoms with Gasteiger partial charge in [0.05, 0.1) is 19.3 Å². The molecule has 2 nitrogen and oxygen atoms in total. The van der Waals surface area contributed by atoms with Crippen LogP contribution in [-0.2, 0) is 11.3 Å². The Morgan fingerprint density at radius 3 is 2.79 bits per heavy atom. The van der Waals surface area contributed by atoms with Gasteiger partial charge in [-0.25, -0.2) is 0 Å². The molecule has 1 aliphatic rings. The first kappa shape index (κ1) is 14.3. The maximum atomic E-state index is 10.1. The predicted octanol–water partition coefficient (Wildman–Crippen LogP) is 3.56. The Labute approximate surface area is 116 Å². The van der Waals surface area contributed by atoms with E-state index in [1.807, 2.05) is 24.3 Å². The molecule has 2 rings (SSSR count). The van der Waals surface area contributed by atoms with E-state index in [9.17, 15) is 5.11 Å². The molecule has 3 unspecified atom stereocenters. The van der Waals surface area contributed by atoms with Gasteiger partial charge in [0, 0.05) is 0 Å². The average Bonchev–Trinajstić information content (AvgIpc) is 2.44. The van der Waals surface area contributed by atoms with Crippen molar-refractivity contribution in [2.45, 2.75) is 38.4 Å². The van der Waals surface area contributed by atoms with Crippen LogP contribution in [0.5, 0.6) is 0 Å². The molecule has 0 heterocycles. The topological polar surface area (TPSA) is 29.5 Å². The molecule has 1 aromatic carbocycles. The third-order valence-corrected chi connectivity index (χ3v) is 4.06. The highest BCUT2D eigenvalue weighted by atomic mass is 16.5. The number of hydrogen-bond acceptors (Lipinski definition) is 2. The summed E-state index contributed by atoms with van der Waals surface area (Å²) in [5.74, 6) is 0.785. The molecule has 1 aromatic rings. The van der Waals surface area contributed by atoms with Gasteiger partial charge in [0.1, 0.15) is 0 Å². The van der Waals surface area contributed by atoms with Crippen molar-refractivity contribution in [2.24, 2.45) is 11.8 Å². The second-order valence-corrected chi connectivity index (χ2v) is 5.45. The minimum absolute atomic E-state index is 0.183. The van der Waals surface area contributed by atoms with Crippen molar-refractivity contribution in [3.05, 3.63) is 48.6 Å². The molecular formula is C17H24O2. The number of allylic oxidation sites excluding steroid dienone is 1. The van der Waals surface area contributed by atoms with Crippen molar-refractivity contribution in [3.8, 4) is 0 Å². The summed E-state index contributed by atoms with van der Waals surface area (Å²) in [5, 5.41) is 10.1. The highest BCUT2D eigenvalue weighted by Crippen LogP contribution is 2.33. The highest BCUT2D eigenvalue weighted by Gasteiger charge is 2.31. The summed E-state index contributed by atoms with van der Waals surface area (Å²) >= 11 is 0. The Morgan fingerprint density at radius 1 is 1.26 bits per heavy atom. The van der Waals surface area contributed by atoms with Crippen LogP contribution in [0.4, 0.5) is 0 Å². The van der Waals surface area contributed by atoms with Gasteiger partial charge in [-0.15, -0.1) is 6.58 Å². The SMILES string of the molecule is C=CCC1C(O)CCCC1COCc1ccccc1. The van der Waals surface area contributed by atoms with Crippen molar-refractivity contribution in [2.75, 3.05) is 6.61 Å². The maximum Gasteiger partial charge on any atom is 0.0717 e. The highest BCUT2D eigenvalue weighted by molar-refractivity contribution is 5.13. The first-order valence-corrected chi connectivity index (χ1v) is 7.22. The van der Waals surface area contributed by atoms with Crippen molar-refractivity contribution in [3.63, 3.8) is 0 Å². The van der Waals surface area contributed by atoms with Crippen LogP contribution in [0, 0.1) is 11.8 Å². The number of benzene rings is 1. The van der Waals surface area contributed by atoms with Gasteiger partial charge in [0.2, 0.25) is 0 Å². The zero-order valence-corrected chi connectivity index (χ0v) is 11.5. The monoisotopic (exact) mass is 260 g/mol. The van der Waals surface area contributed by atoms with E-state index in [1.165, 1.54) is 5.56 Å². The molecule has 0 bridgehead atoms.